The summed E-state index contributed by atoms with van der Waals surface area (Å²) in [6.45, 7) is 5.18. The highest BCUT2D eigenvalue weighted by atomic mass is 19.4. The topological polar surface area (TPSA) is 136 Å². The lowest BCUT2D eigenvalue weighted by atomic mass is 9.70. The van der Waals surface area contributed by atoms with Crippen molar-refractivity contribution in [2.75, 3.05) is 13.2 Å². The van der Waals surface area contributed by atoms with Gasteiger partial charge in [0.15, 0.2) is 23.1 Å². The number of benzene rings is 2. The number of hydrogen-bond donors (Lipinski definition) is 1. The molecular formula is C33H31F3N2O8. The smallest absolute Gasteiger partial charge is 0.416 e. The molecule has 2 aromatic carbocycles. The Morgan fingerprint density at radius 3 is 2.22 bits per heavy atom. The fourth-order valence-corrected chi connectivity index (χ4v) is 6.44. The summed E-state index contributed by atoms with van der Waals surface area (Å²) in [6, 6.07) is 5.19. The van der Waals surface area contributed by atoms with Crippen LogP contribution in [-0.2, 0) is 27.0 Å². The highest BCUT2D eigenvalue weighted by molar-refractivity contribution is 6.06. The van der Waals surface area contributed by atoms with Crippen LogP contribution in [0, 0.1) is 10.1 Å². The molecule has 0 bridgehead atoms. The molecule has 1 N–H and O–H groups in total. The van der Waals surface area contributed by atoms with E-state index in [1.165, 1.54) is 6.08 Å². The van der Waals surface area contributed by atoms with Crippen molar-refractivity contribution in [1.82, 2.24) is 4.90 Å². The summed E-state index contributed by atoms with van der Waals surface area (Å²) in [5.41, 5.74) is 0.615. The monoisotopic (exact) mass is 640 g/mol. The zero-order valence-corrected chi connectivity index (χ0v) is 24.9. The molecule has 0 saturated carbocycles. The SMILES string of the molecule is C=CCc1cc(C2C3=C(CCCC3=O)N(CC(=O)O)C3=C2C(=O)CCC3)cc(OCC)c1Oc1ccc(C(F)(F)F)cc1[N+](=O)[O-]. The van der Waals surface area contributed by atoms with Gasteiger partial charge >= 0.3 is 17.8 Å². The van der Waals surface area contributed by atoms with E-state index in [1.807, 2.05) is 0 Å². The summed E-state index contributed by atoms with van der Waals surface area (Å²) in [4.78, 5) is 51.5. The van der Waals surface area contributed by atoms with Crippen LogP contribution in [0.2, 0.25) is 0 Å². The Morgan fingerprint density at radius 1 is 1.07 bits per heavy atom. The number of carbonyl (C=O) groups is 3. The normalized spacial score (nSPS) is 17.1. The van der Waals surface area contributed by atoms with Crippen LogP contribution in [0.25, 0.3) is 0 Å². The molecule has 2 aliphatic carbocycles. The minimum Gasteiger partial charge on any atom is -0.490 e. The summed E-state index contributed by atoms with van der Waals surface area (Å²) >= 11 is 0. The standard InChI is InChI=1S/C33H31F3N2O8/c1-3-7-18-14-19(15-27(45-4-2)32(18)46-26-13-12-20(33(34,35)36)16-23(26)38(43)44)29-30-21(8-5-10-24(30)39)37(17-28(41)42)22-9-6-11-25(40)31(22)29/h3,12-16,29H,1,4-11,17H2,2H3,(H,41,42). The van der Waals surface area contributed by atoms with E-state index in [4.69, 9.17) is 9.47 Å². The molecule has 242 valence electrons. The number of Topliss-reactive ketones (excluding diaryl/α,β-unsaturated/α-hetero) is 2. The van der Waals surface area contributed by atoms with E-state index >= 15 is 0 Å². The van der Waals surface area contributed by atoms with Crippen LogP contribution in [0.4, 0.5) is 18.9 Å². The molecule has 0 saturated heterocycles. The average molecular weight is 641 g/mol. The first-order valence-corrected chi connectivity index (χ1v) is 14.8. The van der Waals surface area contributed by atoms with Gasteiger partial charge in [0.1, 0.15) is 6.54 Å². The summed E-state index contributed by atoms with van der Waals surface area (Å²) < 4.78 is 51.9. The summed E-state index contributed by atoms with van der Waals surface area (Å²) in [7, 11) is 0. The van der Waals surface area contributed by atoms with E-state index in [1.54, 1.807) is 24.0 Å². The van der Waals surface area contributed by atoms with Crippen LogP contribution in [0.15, 0.2) is 65.5 Å². The Kier molecular flexibility index (Phi) is 9.04. The summed E-state index contributed by atoms with van der Waals surface area (Å²) in [5.74, 6) is -2.67. The number of carboxylic acids is 1. The van der Waals surface area contributed by atoms with Crippen LogP contribution < -0.4 is 9.47 Å². The molecule has 13 heteroatoms. The lowest BCUT2D eigenvalue weighted by Crippen LogP contribution is -2.41. The minimum absolute atomic E-state index is 0.00465. The van der Waals surface area contributed by atoms with Crippen molar-refractivity contribution >= 4 is 23.2 Å². The largest absolute Gasteiger partial charge is 0.490 e. The number of hydrogen-bond acceptors (Lipinski definition) is 8. The van der Waals surface area contributed by atoms with Crippen LogP contribution >= 0.6 is 0 Å². The first kappa shape index (κ1) is 32.5. The lowest BCUT2D eigenvalue weighted by molar-refractivity contribution is -0.385. The molecule has 0 fully saturated rings. The first-order chi connectivity index (χ1) is 21.8. The van der Waals surface area contributed by atoms with E-state index in [0.29, 0.717) is 71.5 Å². The maximum Gasteiger partial charge on any atom is 0.416 e. The molecular weight excluding hydrogens is 609 g/mol. The van der Waals surface area contributed by atoms with Crippen LogP contribution in [0.3, 0.4) is 0 Å². The molecule has 10 nitrogen and oxygen atoms in total. The van der Waals surface area contributed by atoms with Gasteiger partial charge in [0.25, 0.3) is 0 Å². The molecule has 1 aliphatic heterocycles. The van der Waals surface area contributed by atoms with Gasteiger partial charge in [0.05, 0.1) is 17.1 Å². The third-order valence-corrected chi connectivity index (χ3v) is 8.23. The van der Waals surface area contributed by atoms with E-state index in [-0.39, 0.29) is 48.9 Å². The second-order valence-electron chi connectivity index (χ2n) is 11.2. The van der Waals surface area contributed by atoms with Gasteiger partial charge < -0.3 is 19.5 Å². The molecule has 1 heterocycles. The van der Waals surface area contributed by atoms with Crippen molar-refractivity contribution in [2.45, 2.75) is 64.0 Å². The van der Waals surface area contributed by atoms with Crippen molar-refractivity contribution in [2.24, 2.45) is 0 Å². The van der Waals surface area contributed by atoms with Crippen LogP contribution in [0.1, 0.15) is 68.1 Å². The van der Waals surface area contributed by atoms with Crippen LogP contribution in [0.5, 0.6) is 17.2 Å². The van der Waals surface area contributed by atoms with Gasteiger partial charge in [-0.3, -0.25) is 24.5 Å². The van der Waals surface area contributed by atoms with Crippen molar-refractivity contribution in [3.05, 3.63) is 92.3 Å². The number of allylic oxidation sites excluding steroid dienone is 5. The zero-order chi connectivity index (χ0) is 33.3. The molecule has 0 amide bonds. The highest BCUT2D eigenvalue weighted by Crippen LogP contribution is 2.51. The fraction of sp³-hybridized carbons (Fsp3) is 0.364. The molecule has 0 aromatic heterocycles. The van der Waals surface area contributed by atoms with Gasteiger partial charge in [-0.1, -0.05) is 12.1 Å². The Hall–Kier alpha value is -4.94. The third kappa shape index (κ3) is 6.13. The fourth-order valence-electron chi connectivity index (χ4n) is 6.44. The quantitative estimate of drug-likeness (QED) is 0.165. The Labute approximate surface area is 261 Å². The number of nitrogens with zero attached hydrogens (tertiary/aromatic N) is 2. The Morgan fingerprint density at radius 2 is 1.70 bits per heavy atom. The van der Waals surface area contributed by atoms with Crippen molar-refractivity contribution in [1.29, 1.82) is 0 Å². The third-order valence-electron chi connectivity index (χ3n) is 8.23. The van der Waals surface area contributed by atoms with E-state index in [2.05, 4.69) is 6.58 Å². The van der Waals surface area contributed by atoms with E-state index in [0.717, 1.165) is 6.07 Å². The number of ketones is 2. The Bertz CT molecular complexity index is 1660. The van der Waals surface area contributed by atoms with Gasteiger partial charge in [-0.25, -0.2) is 0 Å². The number of carbonyl (C=O) groups excluding carboxylic acids is 2. The molecule has 2 aromatic rings. The highest BCUT2D eigenvalue weighted by Gasteiger charge is 2.44. The number of halogens is 3. The van der Waals surface area contributed by atoms with E-state index in [9.17, 15) is 42.8 Å². The second kappa shape index (κ2) is 12.8. The van der Waals surface area contributed by atoms with Gasteiger partial charge in [0, 0.05) is 52.9 Å². The number of aliphatic carboxylic acids is 1. The van der Waals surface area contributed by atoms with Crippen molar-refractivity contribution in [3.8, 4) is 17.2 Å². The number of alkyl halides is 3. The number of ether oxygens (including phenoxy) is 2. The maximum atomic E-state index is 13.6. The van der Waals surface area contributed by atoms with Crippen molar-refractivity contribution in [3.63, 3.8) is 0 Å². The average Bonchev–Trinajstić information content (AvgIpc) is 2.98. The minimum atomic E-state index is -4.82. The molecule has 0 atom stereocenters. The van der Waals surface area contributed by atoms with Gasteiger partial charge in [-0.2, -0.15) is 13.2 Å². The predicted octanol–water partition coefficient (Wildman–Crippen LogP) is 7.03. The van der Waals surface area contributed by atoms with Gasteiger partial charge in [0.2, 0.25) is 5.75 Å². The Balaban J connectivity index is 1.72. The molecule has 46 heavy (non-hydrogen) atoms. The number of nitro benzene ring substituents is 1. The second-order valence-corrected chi connectivity index (χ2v) is 11.2. The molecule has 0 radical (unpaired) electrons. The first-order valence-electron chi connectivity index (χ1n) is 14.8. The lowest BCUT2D eigenvalue weighted by Gasteiger charge is -2.43. The molecule has 0 spiro atoms. The van der Waals surface area contributed by atoms with Crippen LogP contribution in [-0.4, -0.2) is 45.6 Å². The zero-order valence-electron chi connectivity index (χ0n) is 24.9. The van der Waals surface area contributed by atoms with E-state index < -0.39 is 46.5 Å². The molecule has 5 rings (SSSR count). The van der Waals surface area contributed by atoms with Crippen molar-refractivity contribution < 1.29 is 47.1 Å². The molecule has 0 unspecified atom stereocenters. The number of nitro groups is 1. The maximum absolute atomic E-state index is 13.6. The number of rotatable bonds is 10. The summed E-state index contributed by atoms with van der Waals surface area (Å²) in [6.07, 6.45) is -0.736. The predicted molar refractivity (Wildman–Crippen MR) is 159 cm³/mol. The van der Waals surface area contributed by atoms with Gasteiger partial charge in [-0.15, -0.1) is 6.58 Å². The summed E-state index contributed by atoms with van der Waals surface area (Å²) in [5, 5.41) is 21.5. The molecule has 3 aliphatic rings. The van der Waals surface area contributed by atoms with Gasteiger partial charge in [-0.05, 0) is 62.8 Å². The number of carboxylic acid groups (broad SMARTS) is 1.